The highest BCUT2D eigenvalue weighted by Crippen LogP contribution is 2.38. The lowest BCUT2D eigenvalue weighted by Gasteiger charge is -2.11. The molecule has 6 nitrogen and oxygen atoms in total. The molecule has 10 heteroatoms. The van der Waals surface area contributed by atoms with E-state index in [1.807, 2.05) is 23.9 Å². The normalized spacial score (nSPS) is 14.5. The standard InChI is InChI=1S/C19H13Br3ClN5O/c1-27-16(22)14(20)15(21)18(27)28-8-11(7-25-28)10-2-3-13(23)12(6-10)17(29)26-19(9-24)4-5-19/h2-3,6-8H,4-5H2,1H3,(H,26,29). The first kappa shape index (κ1) is 20.7. The third-order valence-electron chi connectivity index (χ3n) is 4.84. The molecule has 1 saturated carbocycles. The van der Waals surface area contributed by atoms with Crippen molar-refractivity contribution in [2.24, 2.45) is 7.05 Å². The molecule has 0 saturated heterocycles. The minimum Gasteiger partial charge on any atom is -0.334 e. The van der Waals surface area contributed by atoms with Gasteiger partial charge in [-0.1, -0.05) is 17.7 Å². The van der Waals surface area contributed by atoms with Crippen molar-refractivity contribution >= 4 is 65.3 Å². The number of amides is 1. The number of hydrogen-bond donors (Lipinski definition) is 1. The molecule has 3 aromatic rings. The number of nitrogens with zero attached hydrogens (tertiary/aromatic N) is 4. The molecular formula is C19H13Br3ClN5O. The number of benzene rings is 1. The van der Waals surface area contributed by atoms with Gasteiger partial charge in [0.1, 0.15) is 16.0 Å². The summed E-state index contributed by atoms with van der Waals surface area (Å²) in [7, 11) is 1.92. The lowest BCUT2D eigenvalue weighted by Crippen LogP contribution is -2.35. The van der Waals surface area contributed by atoms with Crippen LogP contribution in [0, 0.1) is 11.3 Å². The van der Waals surface area contributed by atoms with Crippen LogP contribution in [-0.2, 0) is 7.05 Å². The van der Waals surface area contributed by atoms with E-state index in [1.165, 1.54) is 0 Å². The molecule has 1 fully saturated rings. The summed E-state index contributed by atoms with van der Waals surface area (Å²) in [6, 6.07) is 7.39. The van der Waals surface area contributed by atoms with E-state index in [2.05, 4.69) is 64.3 Å². The zero-order valence-electron chi connectivity index (χ0n) is 15.0. The van der Waals surface area contributed by atoms with Crippen molar-refractivity contribution in [2.45, 2.75) is 18.4 Å². The Balaban J connectivity index is 1.68. The summed E-state index contributed by atoms with van der Waals surface area (Å²) in [5, 5.41) is 16.8. The van der Waals surface area contributed by atoms with Crippen LogP contribution in [0.3, 0.4) is 0 Å². The van der Waals surface area contributed by atoms with E-state index >= 15 is 0 Å². The first-order chi connectivity index (χ1) is 13.8. The molecule has 0 unspecified atom stereocenters. The van der Waals surface area contributed by atoms with Gasteiger partial charge < -0.3 is 9.88 Å². The van der Waals surface area contributed by atoms with E-state index < -0.39 is 5.54 Å². The maximum Gasteiger partial charge on any atom is 0.254 e. The maximum absolute atomic E-state index is 12.6. The van der Waals surface area contributed by atoms with Crippen molar-refractivity contribution < 1.29 is 4.79 Å². The number of carbonyl (C=O) groups is 1. The molecule has 1 aromatic carbocycles. The van der Waals surface area contributed by atoms with Crippen LogP contribution >= 0.6 is 59.4 Å². The van der Waals surface area contributed by atoms with Gasteiger partial charge in [-0.3, -0.25) is 4.79 Å². The molecule has 0 spiro atoms. The molecule has 4 rings (SSSR count). The van der Waals surface area contributed by atoms with E-state index in [0.717, 1.165) is 30.5 Å². The molecule has 1 aliphatic carbocycles. The van der Waals surface area contributed by atoms with Gasteiger partial charge in [-0.05, 0) is 78.3 Å². The van der Waals surface area contributed by atoms with Crippen molar-refractivity contribution in [1.82, 2.24) is 19.7 Å². The SMILES string of the molecule is Cn1c(Br)c(Br)c(Br)c1-n1cc(-c2ccc(Cl)c(C(=O)NC3(C#N)CC3)c2)cn1. The van der Waals surface area contributed by atoms with Crippen LogP contribution in [0.15, 0.2) is 44.1 Å². The summed E-state index contributed by atoms with van der Waals surface area (Å²) in [4.78, 5) is 12.6. The largest absolute Gasteiger partial charge is 0.334 e. The number of hydrogen-bond acceptors (Lipinski definition) is 3. The molecule has 29 heavy (non-hydrogen) atoms. The van der Waals surface area contributed by atoms with Crippen LogP contribution in [-0.4, -0.2) is 25.8 Å². The average Bonchev–Trinajstić information content (AvgIpc) is 3.26. The molecule has 0 atom stereocenters. The van der Waals surface area contributed by atoms with Gasteiger partial charge in [0.25, 0.3) is 5.91 Å². The van der Waals surface area contributed by atoms with Crippen LogP contribution in [0.25, 0.3) is 16.9 Å². The molecule has 0 aliphatic heterocycles. The van der Waals surface area contributed by atoms with Gasteiger partial charge in [-0.15, -0.1) is 0 Å². The fourth-order valence-corrected chi connectivity index (χ4v) is 4.89. The maximum atomic E-state index is 12.6. The fourth-order valence-electron chi connectivity index (χ4n) is 2.97. The molecule has 2 heterocycles. The van der Waals surface area contributed by atoms with Gasteiger partial charge in [-0.2, -0.15) is 10.4 Å². The number of halogens is 4. The predicted molar refractivity (Wildman–Crippen MR) is 121 cm³/mol. The highest BCUT2D eigenvalue weighted by Gasteiger charge is 2.45. The van der Waals surface area contributed by atoms with Gasteiger partial charge >= 0.3 is 0 Å². The molecule has 1 N–H and O–H groups in total. The van der Waals surface area contributed by atoms with Gasteiger partial charge in [0.05, 0.1) is 31.8 Å². The number of carbonyl (C=O) groups excluding carboxylic acids is 1. The second-order valence-corrected chi connectivity index (χ2v) is 9.56. The molecule has 148 valence electrons. The van der Waals surface area contributed by atoms with Crippen LogP contribution in [0.4, 0.5) is 0 Å². The third-order valence-corrected chi connectivity index (χ3v) is 8.69. The van der Waals surface area contributed by atoms with Gasteiger partial charge in [0.2, 0.25) is 0 Å². The molecule has 0 bridgehead atoms. The van der Waals surface area contributed by atoms with Crippen molar-refractivity contribution in [3.8, 4) is 23.0 Å². The van der Waals surface area contributed by atoms with Crippen LogP contribution in [0.5, 0.6) is 0 Å². The van der Waals surface area contributed by atoms with E-state index in [4.69, 9.17) is 11.6 Å². The van der Waals surface area contributed by atoms with Crippen LogP contribution in [0.2, 0.25) is 5.02 Å². The third kappa shape index (κ3) is 3.67. The van der Waals surface area contributed by atoms with Crippen molar-refractivity contribution in [1.29, 1.82) is 5.26 Å². The highest BCUT2D eigenvalue weighted by atomic mass is 79.9. The first-order valence-electron chi connectivity index (χ1n) is 8.54. The van der Waals surface area contributed by atoms with Crippen molar-refractivity contribution in [3.63, 3.8) is 0 Å². The topological polar surface area (TPSA) is 75.6 Å². The van der Waals surface area contributed by atoms with Crippen molar-refractivity contribution in [3.05, 3.63) is 54.7 Å². The Morgan fingerprint density at radius 1 is 1.28 bits per heavy atom. The minimum absolute atomic E-state index is 0.337. The Hall–Kier alpha value is -1.60. The predicted octanol–water partition coefficient (Wildman–Crippen LogP) is 5.60. The Morgan fingerprint density at radius 3 is 2.59 bits per heavy atom. The highest BCUT2D eigenvalue weighted by molar-refractivity contribution is 9.14. The summed E-state index contributed by atoms with van der Waals surface area (Å²) in [5.74, 6) is 0.493. The molecule has 0 radical (unpaired) electrons. The summed E-state index contributed by atoms with van der Waals surface area (Å²) < 4.78 is 6.34. The Morgan fingerprint density at radius 2 is 2.00 bits per heavy atom. The Kier molecular flexibility index (Phi) is 5.40. The second kappa shape index (κ2) is 7.58. The van der Waals surface area contributed by atoms with E-state index in [9.17, 15) is 10.1 Å². The van der Waals surface area contributed by atoms with Gasteiger partial charge in [-0.25, -0.2) is 4.68 Å². The Labute approximate surface area is 197 Å². The van der Waals surface area contributed by atoms with Crippen molar-refractivity contribution in [2.75, 3.05) is 0 Å². The number of aromatic nitrogens is 3. The van der Waals surface area contributed by atoms with E-state index in [0.29, 0.717) is 23.4 Å². The number of rotatable bonds is 4. The van der Waals surface area contributed by atoms with E-state index in [-0.39, 0.29) is 5.91 Å². The minimum atomic E-state index is -0.749. The zero-order chi connectivity index (χ0) is 20.9. The summed E-state index contributed by atoms with van der Waals surface area (Å²) >= 11 is 16.9. The first-order valence-corrected chi connectivity index (χ1v) is 11.3. The molecule has 1 amide bonds. The molecular weight excluding hydrogens is 589 g/mol. The summed E-state index contributed by atoms with van der Waals surface area (Å²) in [5.41, 5.74) is 1.22. The second-order valence-electron chi connectivity index (χ2n) is 6.82. The van der Waals surface area contributed by atoms with Gasteiger partial charge in [0.15, 0.2) is 0 Å². The van der Waals surface area contributed by atoms with Gasteiger partial charge in [0, 0.05) is 18.8 Å². The summed E-state index contributed by atoms with van der Waals surface area (Å²) in [6.45, 7) is 0. The monoisotopic (exact) mass is 599 g/mol. The van der Waals surface area contributed by atoms with Crippen LogP contribution in [0.1, 0.15) is 23.2 Å². The molecule has 1 aliphatic rings. The van der Waals surface area contributed by atoms with Crippen LogP contribution < -0.4 is 5.32 Å². The fraction of sp³-hybridized carbons (Fsp3) is 0.211. The molecule has 2 aromatic heterocycles. The Bertz CT molecular complexity index is 1160. The zero-order valence-corrected chi connectivity index (χ0v) is 20.5. The quantitative estimate of drug-likeness (QED) is 0.423. The average molecular weight is 603 g/mol. The smallest absolute Gasteiger partial charge is 0.254 e. The lowest BCUT2D eigenvalue weighted by molar-refractivity contribution is 0.0942. The van der Waals surface area contributed by atoms with E-state index in [1.54, 1.807) is 23.0 Å². The summed E-state index contributed by atoms with van der Waals surface area (Å²) in [6.07, 6.45) is 4.93. The number of nitrogens with one attached hydrogen (secondary N) is 1. The number of nitriles is 1. The lowest BCUT2D eigenvalue weighted by atomic mass is 10.1.